The smallest absolute Gasteiger partial charge is 0.262 e. The Kier molecular flexibility index (Phi) is 2.83. The molecule has 0 saturated heterocycles. The number of hydrogen-bond donors (Lipinski definition) is 1. The number of anilines is 1. The SMILES string of the molecule is O=C1COc2cc(-c3cncc(F)c3)cc(Cl)c2N1. The fourth-order valence-electron chi connectivity index (χ4n) is 1.87. The lowest BCUT2D eigenvalue weighted by molar-refractivity contribution is -0.118. The maximum Gasteiger partial charge on any atom is 0.262 e. The van der Waals surface area contributed by atoms with E-state index < -0.39 is 5.82 Å². The van der Waals surface area contributed by atoms with Crippen LogP contribution in [0.15, 0.2) is 30.6 Å². The van der Waals surface area contributed by atoms with Crippen molar-refractivity contribution in [3.05, 3.63) is 41.4 Å². The van der Waals surface area contributed by atoms with E-state index in [0.29, 0.717) is 27.6 Å². The zero-order valence-electron chi connectivity index (χ0n) is 9.61. The molecule has 1 aromatic carbocycles. The number of aromatic nitrogens is 1. The molecule has 1 aromatic heterocycles. The normalized spacial score (nSPS) is 13.5. The average Bonchev–Trinajstić information content (AvgIpc) is 2.39. The second-order valence-corrected chi connectivity index (χ2v) is 4.47. The first-order chi connectivity index (χ1) is 9.13. The highest BCUT2D eigenvalue weighted by Crippen LogP contribution is 2.39. The number of amides is 1. The third-order valence-corrected chi connectivity index (χ3v) is 3.01. The molecule has 3 rings (SSSR count). The summed E-state index contributed by atoms with van der Waals surface area (Å²) in [6.07, 6.45) is 2.66. The Bertz CT molecular complexity index is 676. The van der Waals surface area contributed by atoms with Gasteiger partial charge in [-0.2, -0.15) is 0 Å². The van der Waals surface area contributed by atoms with Gasteiger partial charge in [0, 0.05) is 11.8 Å². The van der Waals surface area contributed by atoms with Gasteiger partial charge in [-0.15, -0.1) is 0 Å². The topological polar surface area (TPSA) is 51.2 Å². The van der Waals surface area contributed by atoms with Crippen molar-refractivity contribution < 1.29 is 13.9 Å². The highest BCUT2D eigenvalue weighted by atomic mass is 35.5. The van der Waals surface area contributed by atoms with Gasteiger partial charge < -0.3 is 10.1 Å². The number of halogens is 2. The predicted octanol–water partition coefficient (Wildman–Crippen LogP) is 2.87. The number of ether oxygens (including phenoxy) is 1. The molecule has 6 heteroatoms. The molecule has 1 aliphatic heterocycles. The van der Waals surface area contributed by atoms with Gasteiger partial charge in [-0.1, -0.05) is 11.6 Å². The molecule has 1 amide bonds. The molecular formula is C13H8ClFN2O2. The lowest BCUT2D eigenvalue weighted by atomic mass is 10.1. The fourth-order valence-corrected chi connectivity index (χ4v) is 2.13. The Hall–Kier alpha value is -2.14. The van der Waals surface area contributed by atoms with E-state index in [2.05, 4.69) is 10.3 Å². The van der Waals surface area contributed by atoms with E-state index >= 15 is 0 Å². The lowest BCUT2D eigenvalue weighted by Gasteiger charge is -2.20. The number of carbonyl (C=O) groups excluding carboxylic acids is 1. The van der Waals surface area contributed by atoms with Crippen molar-refractivity contribution in [2.45, 2.75) is 0 Å². The Morgan fingerprint density at radius 2 is 2.11 bits per heavy atom. The minimum absolute atomic E-state index is 0.0613. The van der Waals surface area contributed by atoms with Crippen molar-refractivity contribution in [3.63, 3.8) is 0 Å². The van der Waals surface area contributed by atoms with Crippen molar-refractivity contribution in [3.8, 4) is 16.9 Å². The van der Waals surface area contributed by atoms with Crippen LogP contribution in [0.3, 0.4) is 0 Å². The second-order valence-electron chi connectivity index (χ2n) is 4.06. The summed E-state index contributed by atoms with van der Waals surface area (Å²) in [5, 5.41) is 2.97. The molecule has 0 spiro atoms. The van der Waals surface area contributed by atoms with E-state index in [1.165, 1.54) is 12.3 Å². The summed E-state index contributed by atoms with van der Waals surface area (Å²) in [5.41, 5.74) is 1.70. The first-order valence-corrected chi connectivity index (χ1v) is 5.88. The van der Waals surface area contributed by atoms with E-state index in [1.807, 2.05) is 0 Å². The Morgan fingerprint density at radius 3 is 2.89 bits per heavy atom. The number of carbonyl (C=O) groups is 1. The molecule has 0 atom stereocenters. The molecule has 96 valence electrons. The van der Waals surface area contributed by atoms with E-state index in [-0.39, 0.29) is 12.5 Å². The van der Waals surface area contributed by atoms with Crippen LogP contribution in [0.5, 0.6) is 5.75 Å². The number of nitrogens with one attached hydrogen (secondary N) is 1. The predicted molar refractivity (Wildman–Crippen MR) is 68.8 cm³/mol. The third-order valence-electron chi connectivity index (χ3n) is 2.72. The monoisotopic (exact) mass is 278 g/mol. The minimum Gasteiger partial charge on any atom is -0.482 e. The summed E-state index contributed by atoms with van der Waals surface area (Å²) >= 11 is 6.09. The van der Waals surface area contributed by atoms with Crippen LogP contribution < -0.4 is 10.1 Å². The Balaban J connectivity index is 2.10. The number of hydrogen-bond acceptors (Lipinski definition) is 3. The molecule has 1 aliphatic rings. The number of rotatable bonds is 1. The van der Waals surface area contributed by atoms with Crippen LogP contribution in [0, 0.1) is 5.82 Å². The molecule has 0 radical (unpaired) electrons. The van der Waals surface area contributed by atoms with Crippen molar-refractivity contribution in [2.24, 2.45) is 0 Å². The minimum atomic E-state index is -0.430. The van der Waals surface area contributed by atoms with Gasteiger partial charge in [0.2, 0.25) is 0 Å². The van der Waals surface area contributed by atoms with Gasteiger partial charge in [-0.05, 0) is 23.8 Å². The summed E-state index contributed by atoms with van der Waals surface area (Å²) in [7, 11) is 0. The summed E-state index contributed by atoms with van der Waals surface area (Å²) in [6, 6.07) is 4.68. The number of pyridine rings is 1. The highest BCUT2D eigenvalue weighted by Gasteiger charge is 2.20. The number of nitrogens with zero attached hydrogens (tertiary/aromatic N) is 1. The third kappa shape index (κ3) is 2.24. The maximum atomic E-state index is 13.2. The van der Waals surface area contributed by atoms with Crippen molar-refractivity contribution in [1.29, 1.82) is 0 Å². The summed E-state index contributed by atoms with van der Waals surface area (Å²) in [4.78, 5) is 15.0. The molecule has 0 unspecified atom stereocenters. The quantitative estimate of drug-likeness (QED) is 0.873. The Morgan fingerprint density at radius 1 is 1.26 bits per heavy atom. The highest BCUT2D eigenvalue weighted by molar-refractivity contribution is 6.34. The van der Waals surface area contributed by atoms with Crippen LogP contribution in [0.25, 0.3) is 11.1 Å². The van der Waals surface area contributed by atoms with Gasteiger partial charge in [-0.25, -0.2) is 4.39 Å². The summed E-state index contributed by atoms with van der Waals surface area (Å²) in [6.45, 7) is -0.0613. The van der Waals surface area contributed by atoms with Crippen LogP contribution in [0.4, 0.5) is 10.1 Å². The van der Waals surface area contributed by atoms with Gasteiger partial charge in [-0.3, -0.25) is 9.78 Å². The van der Waals surface area contributed by atoms with E-state index in [1.54, 1.807) is 12.1 Å². The first kappa shape index (κ1) is 11.9. The number of fused-ring (bicyclic) bond motifs is 1. The van der Waals surface area contributed by atoms with E-state index in [4.69, 9.17) is 16.3 Å². The molecule has 0 aliphatic carbocycles. The first-order valence-electron chi connectivity index (χ1n) is 5.50. The summed E-state index contributed by atoms with van der Waals surface area (Å²) in [5.74, 6) is -0.221. The van der Waals surface area contributed by atoms with E-state index in [9.17, 15) is 9.18 Å². The van der Waals surface area contributed by atoms with Crippen molar-refractivity contribution >= 4 is 23.2 Å². The fraction of sp³-hybridized carbons (Fsp3) is 0.0769. The molecule has 1 N–H and O–H groups in total. The van der Waals surface area contributed by atoms with Crippen LogP contribution in [-0.4, -0.2) is 17.5 Å². The van der Waals surface area contributed by atoms with E-state index in [0.717, 1.165) is 6.20 Å². The average molecular weight is 279 g/mol. The van der Waals surface area contributed by atoms with Gasteiger partial charge in [0.15, 0.2) is 6.61 Å². The van der Waals surface area contributed by atoms with Crippen LogP contribution in [0.2, 0.25) is 5.02 Å². The van der Waals surface area contributed by atoms with Gasteiger partial charge in [0.05, 0.1) is 11.2 Å². The largest absolute Gasteiger partial charge is 0.482 e. The molecule has 0 bridgehead atoms. The van der Waals surface area contributed by atoms with Gasteiger partial charge in [0.1, 0.15) is 17.3 Å². The Labute approximate surface area is 113 Å². The van der Waals surface area contributed by atoms with Gasteiger partial charge >= 0.3 is 0 Å². The van der Waals surface area contributed by atoms with Crippen LogP contribution in [0.1, 0.15) is 0 Å². The second kappa shape index (κ2) is 4.51. The zero-order valence-corrected chi connectivity index (χ0v) is 10.4. The standard InChI is InChI=1S/C13H8ClFN2O2/c14-10-2-7(8-1-9(15)5-16-4-8)3-11-13(10)17-12(18)6-19-11/h1-5H,6H2,(H,17,18). The maximum absolute atomic E-state index is 13.2. The number of benzene rings is 1. The summed E-state index contributed by atoms with van der Waals surface area (Å²) < 4.78 is 18.5. The van der Waals surface area contributed by atoms with Crippen LogP contribution >= 0.6 is 11.6 Å². The van der Waals surface area contributed by atoms with Crippen molar-refractivity contribution in [2.75, 3.05) is 11.9 Å². The zero-order chi connectivity index (χ0) is 13.4. The van der Waals surface area contributed by atoms with Crippen molar-refractivity contribution in [1.82, 2.24) is 4.98 Å². The lowest BCUT2D eigenvalue weighted by Crippen LogP contribution is -2.25. The molecule has 4 nitrogen and oxygen atoms in total. The van der Waals surface area contributed by atoms with Crippen LogP contribution in [-0.2, 0) is 4.79 Å². The molecular weight excluding hydrogens is 271 g/mol. The van der Waals surface area contributed by atoms with Gasteiger partial charge in [0.25, 0.3) is 5.91 Å². The molecule has 2 heterocycles. The molecule has 2 aromatic rings. The molecule has 19 heavy (non-hydrogen) atoms. The molecule has 0 fully saturated rings. The molecule has 0 saturated carbocycles.